The normalized spacial score (nSPS) is 19.3. The third-order valence-electron chi connectivity index (χ3n) is 6.80. The second-order valence-corrected chi connectivity index (χ2v) is 11.4. The lowest BCUT2D eigenvalue weighted by atomic mass is 10.0. The van der Waals surface area contributed by atoms with Gasteiger partial charge in [-0.05, 0) is 42.7 Å². The zero-order chi connectivity index (χ0) is 28.9. The number of carbonyl (C=O) groups is 3. The number of hydrogen-bond acceptors (Lipinski definition) is 8. The molecule has 14 heteroatoms. The Hall–Kier alpha value is -3.59. The molecule has 1 heterocycles. The van der Waals surface area contributed by atoms with Crippen LogP contribution in [0.25, 0.3) is 10.8 Å². The van der Waals surface area contributed by atoms with E-state index in [-0.39, 0.29) is 24.7 Å². The number of rotatable bonds is 11. The molecule has 2 fully saturated rings. The number of sulfonamides is 1. The van der Waals surface area contributed by atoms with Gasteiger partial charge in [0.1, 0.15) is 12.6 Å². The Kier molecular flexibility index (Phi) is 9.03. The van der Waals surface area contributed by atoms with Crippen LogP contribution < -0.4 is 15.9 Å². The van der Waals surface area contributed by atoms with Crippen LogP contribution in [0.5, 0.6) is 0 Å². The van der Waals surface area contributed by atoms with Crippen molar-refractivity contribution in [3.63, 3.8) is 0 Å². The van der Waals surface area contributed by atoms with Crippen molar-refractivity contribution in [3.8, 4) is 0 Å². The zero-order valence-corrected chi connectivity index (χ0v) is 23.1. The van der Waals surface area contributed by atoms with E-state index in [1.165, 1.54) is 30.4 Å². The Bertz CT molecular complexity index is 1390. The van der Waals surface area contributed by atoms with Crippen molar-refractivity contribution < 1.29 is 32.3 Å². The van der Waals surface area contributed by atoms with Crippen LogP contribution in [0.4, 0.5) is 4.79 Å². The first-order chi connectivity index (χ1) is 19.0. The molecule has 215 valence electrons. The van der Waals surface area contributed by atoms with Crippen molar-refractivity contribution >= 4 is 44.9 Å². The molecular formula is C26H33N6O7S. The number of likely N-dealkylation sites (N-methyl/N-ethyl adjacent to an activating group) is 1. The number of hydrogen-bond donors (Lipinski definition) is 2. The Morgan fingerprint density at radius 2 is 1.98 bits per heavy atom. The van der Waals surface area contributed by atoms with Crippen LogP contribution in [0.1, 0.15) is 26.2 Å². The second-order valence-electron chi connectivity index (χ2n) is 9.74. The predicted molar refractivity (Wildman–Crippen MR) is 145 cm³/mol. The molecule has 2 atom stereocenters. The number of amides is 2. The molecule has 40 heavy (non-hydrogen) atoms. The molecule has 3 N–H and O–H groups in total. The summed E-state index contributed by atoms with van der Waals surface area (Å²) in [5, 5.41) is 5.39. The molecule has 4 rings (SSSR count). The van der Waals surface area contributed by atoms with Crippen LogP contribution in [0, 0.1) is 0 Å². The largest absolute Gasteiger partial charge is 0.449 e. The minimum absolute atomic E-state index is 0.0402. The van der Waals surface area contributed by atoms with Crippen LogP contribution in [0.15, 0.2) is 52.5 Å². The molecule has 13 nitrogen and oxygen atoms in total. The summed E-state index contributed by atoms with van der Waals surface area (Å²) in [6, 6.07) is 10.5. The van der Waals surface area contributed by atoms with E-state index in [0.29, 0.717) is 24.8 Å². The molecule has 1 saturated carbocycles. The standard InChI is InChI=1S/C26H33N6O7S/c1-3-38-25(35)29-28-17-32-12-13-39-23(16-32)31(2)22(33)15-21(24(34)26(27)10-11-26)30-40(36,37)20-9-8-18-6-4-5-7-19(18)14-20/h4-9,14,17,21,23,27,30H,3,10-13,15-16H2,1-2H3,(H,29,35). The van der Waals surface area contributed by atoms with Gasteiger partial charge in [-0.3, -0.25) is 9.59 Å². The van der Waals surface area contributed by atoms with E-state index in [1.807, 2.05) is 12.1 Å². The molecule has 2 amide bonds. The minimum Gasteiger partial charge on any atom is -0.449 e. The van der Waals surface area contributed by atoms with Crippen molar-refractivity contribution in [3.05, 3.63) is 42.5 Å². The highest BCUT2D eigenvalue weighted by molar-refractivity contribution is 7.89. The quantitative estimate of drug-likeness (QED) is 0.228. The molecule has 2 aromatic rings. The summed E-state index contributed by atoms with van der Waals surface area (Å²) in [6.45, 7) is 2.82. The lowest BCUT2D eigenvalue weighted by molar-refractivity contribution is -0.150. The fraction of sp³-hybridized carbons (Fsp3) is 0.462. The van der Waals surface area contributed by atoms with Crippen molar-refractivity contribution in [1.29, 1.82) is 0 Å². The Labute approximate surface area is 232 Å². The number of morpholine rings is 1. The fourth-order valence-corrected chi connectivity index (χ4v) is 5.51. The van der Waals surface area contributed by atoms with E-state index in [9.17, 15) is 22.8 Å². The number of Topliss-reactive ketones (excluding diaryl/α,β-unsaturated/α-hetero) is 1. The first kappa shape index (κ1) is 29.4. The van der Waals surface area contributed by atoms with E-state index in [0.717, 1.165) is 5.39 Å². The van der Waals surface area contributed by atoms with E-state index in [4.69, 9.17) is 15.2 Å². The van der Waals surface area contributed by atoms with Gasteiger partial charge < -0.3 is 19.3 Å². The minimum atomic E-state index is -4.18. The van der Waals surface area contributed by atoms with Crippen LogP contribution in [0.3, 0.4) is 0 Å². The van der Waals surface area contributed by atoms with Crippen LogP contribution in [0.2, 0.25) is 0 Å². The summed E-state index contributed by atoms with van der Waals surface area (Å²) in [5.41, 5.74) is 9.12. The highest BCUT2D eigenvalue weighted by atomic mass is 32.2. The van der Waals surface area contributed by atoms with Crippen LogP contribution in [-0.4, -0.2) is 93.5 Å². The van der Waals surface area contributed by atoms with Gasteiger partial charge in [-0.1, -0.05) is 30.3 Å². The van der Waals surface area contributed by atoms with Gasteiger partial charge in [-0.2, -0.15) is 5.10 Å². The van der Waals surface area contributed by atoms with Gasteiger partial charge >= 0.3 is 6.09 Å². The molecule has 0 bridgehead atoms. The highest BCUT2D eigenvalue weighted by Crippen LogP contribution is 2.36. The molecule has 2 aromatic carbocycles. The number of ether oxygens (including phenoxy) is 2. The molecule has 2 unspecified atom stereocenters. The van der Waals surface area contributed by atoms with E-state index >= 15 is 0 Å². The lowest BCUT2D eigenvalue weighted by Gasteiger charge is -2.37. The van der Waals surface area contributed by atoms with Crippen molar-refractivity contribution in [1.82, 2.24) is 25.7 Å². The number of nitrogens with zero attached hydrogens (tertiary/aromatic N) is 3. The summed E-state index contributed by atoms with van der Waals surface area (Å²) in [6.07, 6.45) is 0.135. The summed E-state index contributed by atoms with van der Waals surface area (Å²) in [7, 11) is -2.68. The summed E-state index contributed by atoms with van der Waals surface area (Å²) in [5.74, 6) is -1.17. The Morgan fingerprint density at radius 1 is 1.25 bits per heavy atom. The van der Waals surface area contributed by atoms with Gasteiger partial charge in [-0.25, -0.2) is 29.1 Å². The Balaban J connectivity index is 1.44. The molecule has 1 aliphatic carbocycles. The maximum atomic E-state index is 13.3. The maximum Gasteiger partial charge on any atom is 0.427 e. The molecule has 1 aliphatic heterocycles. The molecule has 0 aromatic heterocycles. The van der Waals surface area contributed by atoms with Crippen LogP contribution in [-0.2, 0) is 29.1 Å². The van der Waals surface area contributed by atoms with Gasteiger partial charge in [0.2, 0.25) is 15.9 Å². The molecule has 1 saturated heterocycles. The molecular weight excluding hydrogens is 540 g/mol. The summed E-state index contributed by atoms with van der Waals surface area (Å²) in [4.78, 5) is 40.8. The summed E-state index contributed by atoms with van der Waals surface area (Å²) >= 11 is 0. The average molecular weight is 574 g/mol. The number of ketones is 1. The summed E-state index contributed by atoms with van der Waals surface area (Å²) < 4.78 is 39.4. The second kappa shape index (κ2) is 12.3. The van der Waals surface area contributed by atoms with Gasteiger partial charge in [0.15, 0.2) is 5.78 Å². The first-order valence-corrected chi connectivity index (χ1v) is 14.4. The first-order valence-electron chi connectivity index (χ1n) is 12.9. The number of nitrogens with one attached hydrogen (secondary N) is 3. The van der Waals surface area contributed by atoms with Crippen molar-refractivity contribution in [2.75, 3.05) is 33.4 Å². The smallest absolute Gasteiger partial charge is 0.427 e. The van der Waals surface area contributed by atoms with Gasteiger partial charge in [0, 0.05) is 13.6 Å². The third-order valence-corrected chi connectivity index (χ3v) is 8.27. The van der Waals surface area contributed by atoms with Gasteiger partial charge in [0.05, 0.1) is 42.7 Å². The molecule has 1 radical (unpaired) electrons. The van der Waals surface area contributed by atoms with Gasteiger partial charge in [-0.15, -0.1) is 0 Å². The van der Waals surface area contributed by atoms with Crippen molar-refractivity contribution in [2.45, 2.75) is 48.9 Å². The highest BCUT2D eigenvalue weighted by Gasteiger charge is 2.50. The zero-order valence-electron chi connectivity index (χ0n) is 22.3. The third kappa shape index (κ3) is 7.13. The lowest BCUT2D eigenvalue weighted by Crippen LogP contribution is -2.54. The maximum absolute atomic E-state index is 13.3. The van der Waals surface area contributed by atoms with Gasteiger partial charge in [0.25, 0.3) is 0 Å². The molecule has 2 aliphatic rings. The number of hydrazone groups is 1. The molecule has 0 spiro atoms. The number of carbonyl (C=O) groups excluding carboxylic acids is 3. The van der Waals surface area contributed by atoms with E-state index in [2.05, 4.69) is 15.2 Å². The predicted octanol–water partition coefficient (Wildman–Crippen LogP) is 1.07. The fourth-order valence-electron chi connectivity index (χ4n) is 4.28. The monoisotopic (exact) mass is 573 g/mol. The SMILES string of the molecule is CCOC(=O)NN=CN1CCOC(N(C)C(=O)CC(NS(=O)(=O)c2ccc3ccccc3c2)C(=O)C2([NH])CC2)C1. The number of benzene rings is 2. The van der Waals surface area contributed by atoms with E-state index in [1.54, 1.807) is 30.0 Å². The topological polar surface area (TPSA) is 171 Å². The Morgan fingerprint density at radius 3 is 2.67 bits per heavy atom. The van der Waals surface area contributed by atoms with Crippen molar-refractivity contribution in [2.24, 2.45) is 5.10 Å². The van der Waals surface area contributed by atoms with E-state index < -0.39 is 52.0 Å². The van der Waals surface area contributed by atoms with Crippen LogP contribution >= 0.6 is 0 Å². The number of fused-ring (bicyclic) bond motifs is 1. The average Bonchev–Trinajstić information content (AvgIpc) is 3.70.